The molecule has 2 heterocycles. The summed E-state index contributed by atoms with van der Waals surface area (Å²) in [5.74, 6) is -1.12. The lowest BCUT2D eigenvalue weighted by atomic mass is 10.1. The van der Waals surface area contributed by atoms with Crippen molar-refractivity contribution in [1.29, 1.82) is 0 Å². The highest BCUT2D eigenvalue weighted by Gasteiger charge is 2.18. The van der Waals surface area contributed by atoms with Crippen molar-refractivity contribution in [2.24, 2.45) is 7.05 Å². The summed E-state index contributed by atoms with van der Waals surface area (Å²) in [5, 5.41) is 22.4. The minimum absolute atomic E-state index is 0.230. The number of aromatic nitrogens is 2. The molecule has 0 spiro atoms. The number of benzene rings is 3. The maximum Gasteiger partial charge on any atom is 0.259 e. The maximum absolute atomic E-state index is 14.8. The summed E-state index contributed by atoms with van der Waals surface area (Å²) in [6, 6.07) is 18.8. The van der Waals surface area contributed by atoms with Crippen LogP contribution in [0.15, 0.2) is 72.9 Å². The lowest BCUT2D eigenvalue weighted by molar-refractivity contribution is 0.101. The Morgan fingerprint density at radius 1 is 0.900 bits per heavy atom. The third kappa shape index (κ3) is 6.29. The number of aryl methyl sites for hydroxylation is 2. The number of hydrogen-bond donors (Lipinski definition) is 4. The van der Waals surface area contributed by atoms with Crippen molar-refractivity contribution < 1.29 is 19.1 Å². The normalized spacial score (nSPS) is 13.7. The Morgan fingerprint density at radius 3 is 2.15 bits per heavy atom. The number of aliphatic hydroxyl groups is 1. The van der Waals surface area contributed by atoms with Crippen LogP contribution in [0.3, 0.4) is 0 Å². The van der Waals surface area contributed by atoms with E-state index < -0.39 is 5.82 Å². The predicted molar refractivity (Wildman–Crippen MR) is 154 cm³/mol. The number of piperidine rings is 1. The van der Waals surface area contributed by atoms with E-state index in [0.29, 0.717) is 33.9 Å². The summed E-state index contributed by atoms with van der Waals surface area (Å²) in [5.41, 5.74) is 4.40. The molecule has 0 aliphatic carbocycles. The number of nitrogens with one attached hydrogen (secondary N) is 3. The fourth-order valence-electron chi connectivity index (χ4n) is 4.66. The molecule has 0 bridgehead atoms. The molecule has 1 aliphatic rings. The van der Waals surface area contributed by atoms with Crippen LogP contribution in [-0.4, -0.2) is 45.9 Å². The second kappa shape index (κ2) is 11.6. The topological polar surface area (TPSA) is 112 Å². The zero-order chi connectivity index (χ0) is 28.2. The van der Waals surface area contributed by atoms with Crippen molar-refractivity contribution in [2.45, 2.75) is 25.9 Å². The Hall–Kier alpha value is -4.70. The van der Waals surface area contributed by atoms with E-state index in [1.165, 1.54) is 6.07 Å². The number of anilines is 5. The molecule has 0 atom stereocenters. The van der Waals surface area contributed by atoms with Gasteiger partial charge in [-0.2, -0.15) is 5.10 Å². The van der Waals surface area contributed by atoms with Crippen LogP contribution >= 0.6 is 0 Å². The van der Waals surface area contributed by atoms with Crippen LogP contribution in [0.25, 0.3) is 0 Å². The van der Waals surface area contributed by atoms with Crippen molar-refractivity contribution in [3.05, 3.63) is 95.6 Å². The summed E-state index contributed by atoms with van der Waals surface area (Å²) >= 11 is 0. The van der Waals surface area contributed by atoms with Gasteiger partial charge < -0.3 is 26.0 Å². The second-order valence-electron chi connectivity index (χ2n) is 9.87. The largest absolute Gasteiger partial charge is 0.393 e. The molecule has 0 unspecified atom stereocenters. The lowest BCUT2D eigenvalue weighted by Gasteiger charge is -2.31. The molecule has 0 saturated carbocycles. The third-order valence-corrected chi connectivity index (χ3v) is 6.87. The van der Waals surface area contributed by atoms with Gasteiger partial charge in [0.1, 0.15) is 5.82 Å². The van der Waals surface area contributed by atoms with Gasteiger partial charge in [-0.15, -0.1) is 0 Å². The van der Waals surface area contributed by atoms with E-state index >= 15 is 0 Å². The zero-order valence-electron chi connectivity index (χ0n) is 22.3. The quantitative estimate of drug-likeness (QED) is 0.259. The highest BCUT2D eigenvalue weighted by molar-refractivity contribution is 6.05. The number of amides is 2. The van der Waals surface area contributed by atoms with Crippen LogP contribution in [0.2, 0.25) is 0 Å². The van der Waals surface area contributed by atoms with Crippen molar-refractivity contribution >= 4 is 40.3 Å². The molecule has 1 aromatic heterocycles. The van der Waals surface area contributed by atoms with Gasteiger partial charge in [0.25, 0.3) is 11.8 Å². The molecular weight excluding hydrogens is 511 g/mol. The van der Waals surface area contributed by atoms with Crippen LogP contribution < -0.4 is 20.9 Å². The smallest absolute Gasteiger partial charge is 0.259 e. The van der Waals surface area contributed by atoms with E-state index in [0.717, 1.165) is 31.6 Å². The first-order chi connectivity index (χ1) is 19.2. The molecule has 4 aromatic rings. The Labute approximate surface area is 231 Å². The van der Waals surface area contributed by atoms with Crippen molar-refractivity contribution in [3.8, 4) is 0 Å². The first kappa shape index (κ1) is 26.9. The predicted octanol–water partition coefficient (Wildman–Crippen LogP) is 5.08. The summed E-state index contributed by atoms with van der Waals surface area (Å²) < 4.78 is 16.3. The number of carbonyl (C=O) groups excluding carboxylic acids is 2. The molecule has 2 amide bonds. The van der Waals surface area contributed by atoms with Crippen LogP contribution in [0.4, 0.5) is 32.8 Å². The van der Waals surface area contributed by atoms with Gasteiger partial charge in [-0.1, -0.05) is 0 Å². The van der Waals surface area contributed by atoms with Crippen molar-refractivity contribution in [1.82, 2.24) is 9.78 Å². The molecular formula is C30H31FN6O3. The summed E-state index contributed by atoms with van der Waals surface area (Å²) in [4.78, 5) is 27.4. The molecule has 1 fully saturated rings. The molecule has 5 rings (SSSR count). The number of nitrogens with zero attached hydrogens (tertiary/aromatic N) is 3. The van der Waals surface area contributed by atoms with E-state index in [1.54, 1.807) is 73.4 Å². The van der Waals surface area contributed by atoms with Crippen molar-refractivity contribution in [3.63, 3.8) is 0 Å². The molecule has 206 valence electrons. The molecule has 40 heavy (non-hydrogen) atoms. The number of hydrogen-bond acceptors (Lipinski definition) is 6. The Balaban J connectivity index is 1.16. The van der Waals surface area contributed by atoms with E-state index in [1.807, 2.05) is 12.1 Å². The van der Waals surface area contributed by atoms with Gasteiger partial charge in [0.15, 0.2) is 0 Å². The Morgan fingerprint density at radius 2 is 1.52 bits per heavy atom. The van der Waals surface area contributed by atoms with Crippen molar-refractivity contribution in [2.75, 3.05) is 33.9 Å². The summed E-state index contributed by atoms with van der Waals surface area (Å²) in [6.07, 6.45) is 2.87. The average Bonchev–Trinajstić information content (AvgIpc) is 3.29. The van der Waals surface area contributed by atoms with Crippen LogP contribution in [-0.2, 0) is 7.05 Å². The van der Waals surface area contributed by atoms with E-state index in [2.05, 4.69) is 25.9 Å². The van der Waals surface area contributed by atoms with Gasteiger partial charge in [-0.3, -0.25) is 14.3 Å². The zero-order valence-corrected chi connectivity index (χ0v) is 22.3. The van der Waals surface area contributed by atoms with Gasteiger partial charge in [-0.05, 0) is 86.5 Å². The Kier molecular flexibility index (Phi) is 7.79. The van der Waals surface area contributed by atoms with E-state index in [9.17, 15) is 19.1 Å². The lowest BCUT2D eigenvalue weighted by Crippen LogP contribution is -2.35. The van der Waals surface area contributed by atoms with Crippen LogP contribution in [0, 0.1) is 12.7 Å². The fraction of sp³-hybridized carbons (Fsp3) is 0.233. The van der Waals surface area contributed by atoms with E-state index in [-0.39, 0.29) is 23.6 Å². The molecule has 0 radical (unpaired) electrons. The summed E-state index contributed by atoms with van der Waals surface area (Å²) in [7, 11) is 1.73. The molecule has 10 heteroatoms. The van der Waals surface area contributed by atoms with Gasteiger partial charge in [0.2, 0.25) is 0 Å². The molecule has 1 aliphatic heterocycles. The first-order valence-corrected chi connectivity index (χ1v) is 13.1. The highest BCUT2D eigenvalue weighted by atomic mass is 19.1. The second-order valence-corrected chi connectivity index (χ2v) is 9.87. The highest BCUT2D eigenvalue weighted by Crippen LogP contribution is 2.25. The fourth-order valence-corrected chi connectivity index (χ4v) is 4.66. The van der Waals surface area contributed by atoms with Crippen LogP contribution in [0.1, 0.15) is 39.3 Å². The van der Waals surface area contributed by atoms with Gasteiger partial charge in [0.05, 0.1) is 23.0 Å². The molecule has 1 saturated heterocycles. The number of halogens is 1. The standard InChI is InChI=1S/C30H31FN6O3/c1-19-26(18-36(2)35-19)30(40)34-23-9-12-28(27(31)17-23)32-21-5-7-22(8-6-21)33-29(39)20-3-10-24(11-4-20)37-15-13-25(38)14-16-37/h3-12,17-18,25,32,38H,13-16H2,1-2H3,(H,33,39)(H,34,40). The first-order valence-electron chi connectivity index (χ1n) is 13.1. The SMILES string of the molecule is Cc1nn(C)cc1C(=O)Nc1ccc(Nc2ccc(NC(=O)c3ccc(N4CCC(O)CC4)cc3)cc2)c(F)c1. The third-order valence-electron chi connectivity index (χ3n) is 6.87. The van der Waals surface area contributed by atoms with Gasteiger partial charge >= 0.3 is 0 Å². The minimum atomic E-state index is -0.526. The van der Waals surface area contributed by atoms with Gasteiger partial charge in [-0.25, -0.2) is 4.39 Å². The monoisotopic (exact) mass is 542 g/mol. The number of rotatable bonds is 7. The minimum Gasteiger partial charge on any atom is -0.393 e. The van der Waals surface area contributed by atoms with E-state index in [4.69, 9.17) is 0 Å². The van der Waals surface area contributed by atoms with Crippen LogP contribution in [0.5, 0.6) is 0 Å². The molecule has 9 nitrogen and oxygen atoms in total. The number of aliphatic hydroxyl groups excluding tert-OH is 1. The average molecular weight is 543 g/mol. The number of carbonyl (C=O) groups is 2. The Bertz CT molecular complexity index is 1510. The molecule has 3 aromatic carbocycles. The summed E-state index contributed by atoms with van der Waals surface area (Å²) in [6.45, 7) is 3.33. The molecule has 4 N–H and O–H groups in total. The van der Waals surface area contributed by atoms with Gasteiger partial charge in [0, 0.05) is 54.6 Å². The maximum atomic E-state index is 14.8.